The Hall–Kier alpha value is -0.550. The molecule has 0 aromatic carbocycles. The number of rotatable bonds is 3. The van der Waals surface area contributed by atoms with Crippen LogP contribution in [0.15, 0.2) is 0 Å². The van der Waals surface area contributed by atoms with Gasteiger partial charge in [-0.3, -0.25) is 0 Å². The SMILES string of the molecule is CC1CCC(CNCC#N)CC1. The zero-order valence-corrected chi connectivity index (χ0v) is 7.84. The molecule has 0 aromatic heterocycles. The van der Waals surface area contributed by atoms with Crippen molar-refractivity contribution in [1.82, 2.24) is 5.32 Å². The Morgan fingerprint density at radius 3 is 2.58 bits per heavy atom. The maximum atomic E-state index is 8.33. The molecule has 1 saturated carbocycles. The van der Waals surface area contributed by atoms with E-state index in [1.165, 1.54) is 25.7 Å². The summed E-state index contributed by atoms with van der Waals surface area (Å²) in [5.74, 6) is 1.76. The third kappa shape index (κ3) is 3.23. The highest BCUT2D eigenvalue weighted by Crippen LogP contribution is 2.27. The molecule has 1 fully saturated rings. The molecule has 0 aromatic rings. The van der Waals surface area contributed by atoms with Crippen LogP contribution >= 0.6 is 0 Å². The van der Waals surface area contributed by atoms with Crippen LogP contribution in [0, 0.1) is 23.2 Å². The van der Waals surface area contributed by atoms with E-state index in [2.05, 4.69) is 18.3 Å². The standard InChI is InChI=1S/C10H18N2/c1-9-2-4-10(5-3-9)8-12-7-6-11/h9-10,12H,2-5,7-8H2,1H3. The lowest BCUT2D eigenvalue weighted by Gasteiger charge is -2.25. The van der Waals surface area contributed by atoms with Gasteiger partial charge in [-0.1, -0.05) is 19.8 Å². The van der Waals surface area contributed by atoms with E-state index in [9.17, 15) is 0 Å². The van der Waals surface area contributed by atoms with Gasteiger partial charge in [-0.2, -0.15) is 5.26 Å². The molecule has 0 aliphatic heterocycles. The maximum Gasteiger partial charge on any atom is 0.0841 e. The summed E-state index contributed by atoms with van der Waals surface area (Å²) >= 11 is 0. The Labute approximate surface area is 75.0 Å². The van der Waals surface area contributed by atoms with Crippen molar-refractivity contribution in [3.05, 3.63) is 0 Å². The highest BCUT2D eigenvalue weighted by molar-refractivity contribution is 4.76. The summed E-state index contributed by atoms with van der Waals surface area (Å²) < 4.78 is 0. The molecule has 0 spiro atoms. The normalized spacial score (nSPS) is 29.7. The van der Waals surface area contributed by atoms with Gasteiger partial charge >= 0.3 is 0 Å². The molecular weight excluding hydrogens is 148 g/mol. The fourth-order valence-corrected chi connectivity index (χ4v) is 1.87. The van der Waals surface area contributed by atoms with Crippen LogP contribution in [0.1, 0.15) is 32.6 Å². The fraction of sp³-hybridized carbons (Fsp3) is 0.900. The summed E-state index contributed by atoms with van der Waals surface area (Å²) in [5, 5.41) is 11.5. The fourth-order valence-electron chi connectivity index (χ4n) is 1.87. The molecule has 1 N–H and O–H groups in total. The largest absolute Gasteiger partial charge is 0.304 e. The monoisotopic (exact) mass is 166 g/mol. The average molecular weight is 166 g/mol. The minimum Gasteiger partial charge on any atom is -0.304 e. The molecule has 2 nitrogen and oxygen atoms in total. The molecule has 1 aliphatic carbocycles. The van der Waals surface area contributed by atoms with E-state index >= 15 is 0 Å². The second-order valence-corrected chi connectivity index (χ2v) is 3.91. The van der Waals surface area contributed by atoms with Gasteiger partial charge in [-0.05, 0) is 31.2 Å². The second-order valence-electron chi connectivity index (χ2n) is 3.91. The molecule has 0 saturated heterocycles. The average Bonchev–Trinajstić information content (AvgIpc) is 2.09. The first-order valence-electron chi connectivity index (χ1n) is 4.90. The van der Waals surface area contributed by atoms with E-state index in [1.54, 1.807) is 0 Å². The van der Waals surface area contributed by atoms with Crippen LogP contribution in [0.3, 0.4) is 0 Å². The molecule has 0 amide bonds. The van der Waals surface area contributed by atoms with E-state index in [1.807, 2.05) is 0 Å². The highest BCUT2D eigenvalue weighted by atomic mass is 14.9. The second kappa shape index (κ2) is 5.16. The summed E-state index contributed by atoms with van der Waals surface area (Å²) in [6, 6.07) is 2.10. The first-order valence-corrected chi connectivity index (χ1v) is 4.90. The smallest absolute Gasteiger partial charge is 0.0841 e. The van der Waals surface area contributed by atoms with Crippen molar-refractivity contribution in [2.45, 2.75) is 32.6 Å². The predicted octanol–water partition coefficient (Wildman–Crippen LogP) is 1.93. The van der Waals surface area contributed by atoms with Gasteiger partial charge in [0.25, 0.3) is 0 Å². The molecular formula is C10H18N2. The van der Waals surface area contributed by atoms with Crippen molar-refractivity contribution in [2.75, 3.05) is 13.1 Å². The lowest BCUT2D eigenvalue weighted by Crippen LogP contribution is -2.26. The van der Waals surface area contributed by atoms with Crippen LogP contribution in [0.4, 0.5) is 0 Å². The Bertz CT molecular complexity index is 152. The topological polar surface area (TPSA) is 35.8 Å². The Morgan fingerprint density at radius 2 is 2.00 bits per heavy atom. The minimum absolute atomic E-state index is 0.506. The van der Waals surface area contributed by atoms with E-state index < -0.39 is 0 Å². The van der Waals surface area contributed by atoms with Crippen molar-refractivity contribution in [2.24, 2.45) is 11.8 Å². The Balaban J connectivity index is 2.06. The molecule has 68 valence electrons. The molecule has 1 aliphatic rings. The predicted molar refractivity (Wildman–Crippen MR) is 49.6 cm³/mol. The zero-order chi connectivity index (χ0) is 8.81. The first-order chi connectivity index (χ1) is 5.83. The molecule has 0 unspecified atom stereocenters. The quantitative estimate of drug-likeness (QED) is 0.513. The number of hydrogen-bond donors (Lipinski definition) is 1. The third-order valence-electron chi connectivity index (χ3n) is 2.77. The van der Waals surface area contributed by atoms with E-state index in [0.29, 0.717) is 6.54 Å². The van der Waals surface area contributed by atoms with Gasteiger partial charge in [0, 0.05) is 0 Å². The van der Waals surface area contributed by atoms with Gasteiger partial charge in [-0.15, -0.1) is 0 Å². The van der Waals surface area contributed by atoms with Gasteiger partial charge in [0.2, 0.25) is 0 Å². The van der Waals surface area contributed by atoms with Gasteiger partial charge in [0.05, 0.1) is 12.6 Å². The van der Waals surface area contributed by atoms with Crippen molar-refractivity contribution < 1.29 is 0 Å². The number of nitriles is 1. The van der Waals surface area contributed by atoms with Crippen LogP contribution in [0.5, 0.6) is 0 Å². The van der Waals surface area contributed by atoms with E-state index in [0.717, 1.165) is 18.4 Å². The van der Waals surface area contributed by atoms with Crippen LogP contribution < -0.4 is 5.32 Å². The van der Waals surface area contributed by atoms with Crippen LogP contribution in [0.25, 0.3) is 0 Å². The summed E-state index contributed by atoms with van der Waals surface area (Å²) in [7, 11) is 0. The molecule has 0 radical (unpaired) electrons. The Morgan fingerprint density at radius 1 is 1.33 bits per heavy atom. The summed E-state index contributed by atoms with van der Waals surface area (Å²) in [6.07, 6.45) is 5.44. The van der Waals surface area contributed by atoms with E-state index in [-0.39, 0.29) is 0 Å². The van der Waals surface area contributed by atoms with Crippen molar-refractivity contribution in [1.29, 1.82) is 5.26 Å². The van der Waals surface area contributed by atoms with Crippen molar-refractivity contribution in [3.63, 3.8) is 0 Å². The highest BCUT2D eigenvalue weighted by Gasteiger charge is 2.17. The summed E-state index contributed by atoms with van der Waals surface area (Å²) in [4.78, 5) is 0. The summed E-state index contributed by atoms with van der Waals surface area (Å²) in [5.41, 5.74) is 0. The number of nitrogens with one attached hydrogen (secondary N) is 1. The third-order valence-corrected chi connectivity index (χ3v) is 2.77. The van der Waals surface area contributed by atoms with Crippen LogP contribution in [-0.4, -0.2) is 13.1 Å². The summed E-state index contributed by atoms with van der Waals surface area (Å²) in [6.45, 7) is 3.88. The first kappa shape index (κ1) is 9.54. The van der Waals surface area contributed by atoms with Gasteiger partial charge < -0.3 is 5.32 Å². The molecule has 0 atom stereocenters. The molecule has 2 heteroatoms. The lowest BCUT2D eigenvalue weighted by atomic mass is 9.83. The molecule has 1 rings (SSSR count). The van der Waals surface area contributed by atoms with Gasteiger partial charge in [0.1, 0.15) is 0 Å². The zero-order valence-electron chi connectivity index (χ0n) is 7.84. The number of nitrogens with zero attached hydrogens (tertiary/aromatic N) is 1. The van der Waals surface area contributed by atoms with Crippen molar-refractivity contribution >= 4 is 0 Å². The minimum atomic E-state index is 0.506. The van der Waals surface area contributed by atoms with Gasteiger partial charge in [-0.25, -0.2) is 0 Å². The molecule has 12 heavy (non-hydrogen) atoms. The molecule has 0 bridgehead atoms. The van der Waals surface area contributed by atoms with Crippen molar-refractivity contribution in [3.8, 4) is 6.07 Å². The van der Waals surface area contributed by atoms with E-state index in [4.69, 9.17) is 5.26 Å². The lowest BCUT2D eigenvalue weighted by molar-refractivity contribution is 0.284. The molecule has 0 heterocycles. The van der Waals surface area contributed by atoms with Crippen LogP contribution in [-0.2, 0) is 0 Å². The maximum absolute atomic E-state index is 8.33. The Kier molecular flexibility index (Phi) is 4.10. The van der Waals surface area contributed by atoms with Gasteiger partial charge in [0.15, 0.2) is 0 Å². The number of hydrogen-bond acceptors (Lipinski definition) is 2. The van der Waals surface area contributed by atoms with Crippen LogP contribution in [0.2, 0.25) is 0 Å².